The molecule has 0 aliphatic carbocycles. The van der Waals surface area contributed by atoms with Gasteiger partial charge in [0.2, 0.25) is 0 Å². The van der Waals surface area contributed by atoms with Gasteiger partial charge in [0, 0.05) is 12.6 Å². The summed E-state index contributed by atoms with van der Waals surface area (Å²) in [7, 11) is 0. The van der Waals surface area contributed by atoms with Gasteiger partial charge in [0.1, 0.15) is 5.82 Å². The van der Waals surface area contributed by atoms with Crippen molar-refractivity contribution in [2.45, 2.75) is 13.5 Å². The molecule has 0 radical (unpaired) electrons. The Hall–Kier alpha value is -2.17. The van der Waals surface area contributed by atoms with Gasteiger partial charge in [-0.05, 0) is 24.6 Å². The lowest BCUT2D eigenvalue weighted by Crippen LogP contribution is -2.23. The van der Waals surface area contributed by atoms with Crippen LogP contribution in [-0.4, -0.2) is 16.3 Å². The Kier molecular flexibility index (Phi) is 3.72. The van der Waals surface area contributed by atoms with Crippen LogP contribution in [0.25, 0.3) is 0 Å². The number of hydrogen-bond donors (Lipinski definition) is 1. The molecule has 2 aromatic rings. The summed E-state index contributed by atoms with van der Waals surface area (Å²) in [5.41, 5.74) is 1.19. The zero-order valence-corrected chi connectivity index (χ0v) is 10.1. The molecule has 1 aromatic heterocycles. The van der Waals surface area contributed by atoms with E-state index in [-0.39, 0.29) is 17.9 Å². The van der Waals surface area contributed by atoms with Crippen LogP contribution in [0.2, 0.25) is 0 Å². The monoisotopic (exact) mass is 247 g/mol. The summed E-state index contributed by atoms with van der Waals surface area (Å²) in [6.45, 7) is 2.94. The Morgan fingerprint density at radius 2 is 2.22 bits per heavy atom. The van der Waals surface area contributed by atoms with Crippen molar-refractivity contribution in [3.63, 3.8) is 0 Å². The second-order valence-corrected chi connectivity index (χ2v) is 3.90. The van der Waals surface area contributed by atoms with E-state index in [9.17, 15) is 9.18 Å². The van der Waals surface area contributed by atoms with Crippen LogP contribution >= 0.6 is 0 Å². The van der Waals surface area contributed by atoms with Gasteiger partial charge in [0.25, 0.3) is 5.56 Å². The average Bonchev–Trinajstić information content (AvgIpc) is 2.33. The third-order valence-electron chi connectivity index (χ3n) is 2.47. The van der Waals surface area contributed by atoms with E-state index in [1.807, 2.05) is 6.92 Å². The minimum absolute atomic E-state index is 0.210. The van der Waals surface area contributed by atoms with Gasteiger partial charge in [-0.25, -0.2) is 9.07 Å². The molecule has 18 heavy (non-hydrogen) atoms. The van der Waals surface area contributed by atoms with Gasteiger partial charge >= 0.3 is 0 Å². The van der Waals surface area contributed by atoms with Crippen molar-refractivity contribution in [3.8, 4) is 0 Å². The maximum Gasteiger partial charge on any atom is 0.269 e. The molecule has 2 rings (SSSR count). The number of nitrogens with one attached hydrogen (secondary N) is 1. The fourth-order valence-corrected chi connectivity index (χ4v) is 1.66. The first-order valence-electron chi connectivity index (χ1n) is 5.74. The van der Waals surface area contributed by atoms with Crippen molar-refractivity contribution in [3.05, 3.63) is 58.3 Å². The molecule has 0 bridgehead atoms. The van der Waals surface area contributed by atoms with Gasteiger partial charge in [-0.15, -0.1) is 0 Å². The number of nitrogens with zero attached hydrogens (tertiary/aromatic N) is 2. The summed E-state index contributed by atoms with van der Waals surface area (Å²) in [6, 6.07) is 7.62. The van der Waals surface area contributed by atoms with Crippen LogP contribution < -0.4 is 10.9 Å². The van der Waals surface area contributed by atoms with Crippen LogP contribution in [0.4, 0.5) is 10.1 Å². The topological polar surface area (TPSA) is 46.9 Å². The molecule has 0 unspecified atom stereocenters. The summed E-state index contributed by atoms with van der Waals surface area (Å²) >= 11 is 0. The number of hydrogen-bond acceptors (Lipinski definition) is 3. The lowest BCUT2D eigenvalue weighted by Gasteiger charge is -2.06. The molecule has 0 saturated heterocycles. The highest BCUT2D eigenvalue weighted by molar-refractivity contribution is 5.38. The van der Waals surface area contributed by atoms with E-state index in [1.165, 1.54) is 22.9 Å². The molecule has 1 heterocycles. The predicted octanol–water partition coefficient (Wildman–Crippen LogP) is 1.86. The fraction of sp³-hybridized carbons (Fsp3) is 0.231. The highest BCUT2D eigenvalue weighted by Gasteiger charge is 2.01. The smallest absolute Gasteiger partial charge is 0.269 e. The maximum absolute atomic E-state index is 13.0. The van der Waals surface area contributed by atoms with E-state index in [2.05, 4.69) is 10.4 Å². The first-order valence-corrected chi connectivity index (χ1v) is 5.74. The second-order valence-electron chi connectivity index (χ2n) is 3.90. The van der Waals surface area contributed by atoms with E-state index in [0.29, 0.717) is 11.3 Å². The zero-order chi connectivity index (χ0) is 13.0. The van der Waals surface area contributed by atoms with Gasteiger partial charge in [-0.1, -0.05) is 12.1 Å². The Bertz CT molecular complexity index is 595. The Morgan fingerprint density at radius 1 is 1.39 bits per heavy atom. The summed E-state index contributed by atoms with van der Waals surface area (Å²) in [6.07, 6.45) is 1.59. The number of anilines is 1. The van der Waals surface area contributed by atoms with E-state index >= 15 is 0 Å². The van der Waals surface area contributed by atoms with E-state index in [1.54, 1.807) is 18.3 Å². The maximum atomic E-state index is 13.0. The van der Waals surface area contributed by atoms with Crippen molar-refractivity contribution < 1.29 is 4.39 Å². The molecular formula is C13H14FN3O. The predicted molar refractivity (Wildman–Crippen MR) is 68.2 cm³/mol. The highest BCUT2D eigenvalue weighted by atomic mass is 19.1. The molecular weight excluding hydrogens is 233 g/mol. The lowest BCUT2D eigenvalue weighted by molar-refractivity contribution is 0.611. The zero-order valence-electron chi connectivity index (χ0n) is 10.1. The second kappa shape index (κ2) is 5.44. The van der Waals surface area contributed by atoms with E-state index in [4.69, 9.17) is 0 Å². The Labute approximate surface area is 104 Å². The molecule has 5 heteroatoms. The molecule has 0 aliphatic rings. The first kappa shape index (κ1) is 12.3. The van der Waals surface area contributed by atoms with Crippen LogP contribution in [0, 0.1) is 5.82 Å². The summed E-state index contributed by atoms with van der Waals surface area (Å²) in [5, 5.41) is 7.05. The molecule has 94 valence electrons. The third kappa shape index (κ3) is 2.94. The summed E-state index contributed by atoms with van der Waals surface area (Å²) < 4.78 is 14.3. The van der Waals surface area contributed by atoms with Crippen LogP contribution in [-0.2, 0) is 6.54 Å². The lowest BCUT2D eigenvalue weighted by atomic mass is 10.2. The van der Waals surface area contributed by atoms with Crippen LogP contribution in [0.5, 0.6) is 0 Å². The Morgan fingerprint density at radius 3 is 2.89 bits per heavy atom. The van der Waals surface area contributed by atoms with E-state index < -0.39 is 0 Å². The summed E-state index contributed by atoms with van der Waals surface area (Å²) in [5.74, 6) is -0.315. The SMILES string of the molecule is CCNc1cnn(Cc2cccc(F)c2)c(=O)c1. The highest BCUT2D eigenvalue weighted by Crippen LogP contribution is 2.05. The largest absolute Gasteiger partial charge is 0.384 e. The van der Waals surface area contributed by atoms with Crippen molar-refractivity contribution in [1.29, 1.82) is 0 Å². The molecule has 0 fully saturated rings. The molecule has 0 spiro atoms. The molecule has 4 nitrogen and oxygen atoms in total. The number of halogens is 1. The molecule has 0 saturated carbocycles. The molecule has 0 atom stereocenters. The molecule has 0 aliphatic heterocycles. The number of rotatable bonds is 4. The van der Waals surface area contributed by atoms with E-state index in [0.717, 1.165) is 6.54 Å². The molecule has 1 aromatic carbocycles. The van der Waals surface area contributed by atoms with Gasteiger partial charge in [-0.3, -0.25) is 4.79 Å². The normalized spacial score (nSPS) is 10.3. The minimum atomic E-state index is -0.315. The Balaban J connectivity index is 2.22. The number of benzene rings is 1. The van der Waals surface area contributed by atoms with Crippen molar-refractivity contribution in [1.82, 2.24) is 9.78 Å². The average molecular weight is 247 g/mol. The van der Waals surface area contributed by atoms with Gasteiger partial charge in [0.05, 0.1) is 18.4 Å². The van der Waals surface area contributed by atoms with Crippen molar-refractivity contribution in [2.24, 2.45) is 0 Å². The van der Waals surface area contributed by atoms with Crippen LogP contribution in [0.3, 0.4) is 0 Å². The summed E-state index contributed by atoms with van der Waals surface area (Å²) in [4.78, 5) is 11.8. The van der Waals surface area contributed by atoms with Gasteiger partial charge < -0.3 is 5.32 Å². The standard InChI is InChI=1S/C13H14FN3O/c1-2-15-12-7-13(18)17(16-8-12)9-10-4-3-5-11(14)6-10/h3-8,15H,2,9H2,1H3. The quantitative estimate of drug-likeness (QED) is 0.897. The molecule has 0 amide bonds. The first-order chi connectivity index (χ1) is 8.69. The van der Waals surface area contributed by atoms with Gasteiger partial charge in [-0.2, -0.15) is 5.10 Å². The number of aromatic nitrogens is 2. The van der Waals surface area contributed by atoms with Crippen LogP contribution in [0.15, 0.2) is 41.3 Å². The fourth-order valence-electron chi connectivity index (χ4n) is 1.66. The van der Waals surface area contributed by atoms with Crippen molar-refractivity contribution >= 4 is 5.69 Å². The minimum Gasteiger partial charge on any atom is -0.384 e. The van der Waals surface area contributed by atoms with Gasteiger partial charge in [0.15, 0.2) is 0 Å². The van der Waals surface area contributed by atoms with Crippen LogP contribution in [0.1, 0.15) is 12.5 Å². The van der Waals surface area contributed by atoms with Crippen molar-refractivity contribution in [2.75, 3.05) is 11.9 Å². The molecule has 1 N–H and O–H groups in total. The third-order valence-corrected chi connectivity index (χ3v) is 2.47.